The van der Waals surface area contributed by atoms with Crippen LogP contribution in [0.5, 0.6) is 0 Å². The standard InChI is InChI=1S/C26H32FN5O3/c1-14(2)32-19-7-5-6-16(22(19)25(34)15(3)24(32)20-8-10-31(20)4)23-17(27)12-28-26(30-23)29-18-9-11-35-13-21(18)33/h5-7,12,14,18,20-21,33H,8-11,13H2,1-4H3,(H,28,29,30)/t18-,20?,21-/m1/s1. The Kier molecular flexibility index (Phi) is 6.33. The molecular formula is C26H32FN5O3. The maximum absolute atomic E-state index is 15.1. The molecule has 186 valence electrons. The third-order valence-electron chi connectivity index (χ3n) is 7.27. The van der Waals surface area contributed by atoms with Gasteiger partial charge in [-0.15, -0.1) is 0 Å². The lowest BCUT2D eigenvalue weighted by Crippen LogP contribution is -2.42. The highest BCUT2D eigenvalue weighted by Crippen LogP contribution is 2.37. The van der Waals surface area contributed by atoms with Gasteiger partial charge in [-0.05, 0) is 46.7 Å². The number of likely N-dealkylation sites (tertiary alicyclic amines) is 1. The van der Waals surface area contributed by atoms with Gasteiger partial charge in [-0.1, -0.05) is 12.1 Å². The van der Waals surface area contributed by atoms with Gasteiger partial charge in [-0.3, -0.25) is 9.69 Å². The summed E-state index contributed by atoms with van der Waals surface area (Å²) in [6.07, 6.45) is 1.99. The van der Waals surface area contributed by atoms with Gasteiger partial charge in [0.05, 0.1) is 41.9 Å². The second-order valence-corrected chi connectivity index (χ2v) is 9.86. The number of fused-ring (bicyclic) bond motifs is 1. The van der Waals surface area contributed by atoms with Crippen molar-refractivity contribution < 1.29 is 14.2 Å². The minimum Gasteiger partial charge on any atom is -0.389 e. The maximum atomic E-state index is 15.1. The van der Waals surface area contributed by atoms with Crippen LogP contribution in [0.25, 0.3) is 22.2 Å². The first-order valence-electron chi connectivity index (χ1n) is 12.2. The van der Waals surface area contributed by atoms with Gasteiger partial charge in [-0.2, -0.15) is 0 Å². The fourth-order valence-electron chi connectivity index (χ4n) is 5.30. The lowest BCUT2D eigenvalue weighted by molar-refractivity contribution is -0.0136. The molecule has 2 aliphatic rings. The Bertz CT molecular complexity index is 1320. The molecule has 1 aromatic carbocycles. The molecule has 8 nitrogen and oxygen atoms in total. The molecule has 0 bridgehead atoms. The summed E-state index contributed by atoms with van der Waals surface area (Å²) in [5, 5.41) is 13.8. The largest absolute Gasteiger partial charge is 0.389 e. The number of aliphatic hydroxyl groups is 1. The molecule has 2 saturated heterocycles. The molecule has 0 aliphatic carbocycles. The first-order chi connectivity index (χ1) is 16.8. The summed E-state index contributed by atoms with van der Waals surface area (Å²) < 4.78 is 22.6. The van der Waals surface area contributed by atoms with E-state index in [2.05, 4.69) is 45.6 Å². The Morgan fingerprint density at radius 1 is 1.29 bits per heavy atom. The molecule has 0 amide bonds. The Labute approximate surface area is 203 Å². The van der Waals surface area contributed by atoms with E-state index in [4.69, 9.17) is 4.74 Å². The number of halogens is 1. The predicted molar refractivity (Wildman–Crippen MR) is 133 cm³/mol. The number of nitrogens with one attached hydrogen (secondary N) is 1. The van der Waals surface area contributed by atoms with E-state index in [0.29, 0.717) is 29.5 Å². The Balaban J connectivity index is 1.67. The van der Waals surface area contributed by atoms with Crippen LogP contribution >= 0.6 is 0 Å². The molecular weight excluding hydrogens is 449 g/mol. The first kappa shape index (κ1) is 23.8. The highest BCUT2D eigenvalue weighted by molar-refractivity contribution is 5.95. The minimum atomic E-state index is -0.706. The van der Waals surface area contributed by atoms with Crippen LogP contribution < -0.4 is 10.7 Å². The smallest absolute Gasteiger partial charge is 0.223 e. The van der Waals surface area contributed by atoms with Gasteiger partial charge in [0.1, 0.15) is 5.69 Å². The SMILES string of the molecule is Cc1c(C2CCN2C)n(C(C)C)c2cccc(-c3nc(N[C@@H]4CCOC[C@H]4O)ncc3F)c2c1=O. The van der Waals surface area contributed by atoms with Crippen molar-refractivity contribution in [2.75, 3.05) is 32.1 Å². The van der Waals surface area contributed by atoms with Crippen molar-refractivity contribution in [2.24, 2.45) is 0 Å². The monoisotopic (exact) mass is 481 g/mol. The summed E-state index contributed by atoms with van der Waals surface area (Å²) in [7, 11) is 2.07. The summed E-state index contributed by atoms with van der Waals surface area (Å²) in [5.41, 5.74) is 2.89. The summed E-state index contributed by atoms with van der Waals surface area (Å²) in [6, 6.07) is 5.52. The van der Waals surface area contributed by atoms with E-state index in [1.165, 1.54) is 0 Å². The van der Waals surface area contributed by atoms with Gasteiger partial charge >= 0.3 is 0 Å². The molecule has 2 aromatic heterocycles. The number of ether oxygens (including phenoxy) is 1. The fourth-order valence-corrected chi connectivity index (χ4v) is 5.30. The summed E-state index contributed by atoms with van der Waals surface area (Å²) >= 11 is 0. The normalized spacial score (nSPS) is 23.0. The number of nitrogens with zero attached hydrogens (tertiary/aromatic N) is 4. The maximum Gasteiger partial charge on any atom is 0.223 e. The van der Waals surface area contributed by atoms with Gasteiger partial charge in [0.2, 0.25) is 5.95 Å². The van der Waals surface area contributed by atoms with Crippen LogP contribution in [0.2, 0.25) is 0 Å². The predicted octanol–water partition coefficient (Wildman–Crippen LogP) is 3.43. The quantitative estimate of drug-likeness (QED) is 0.577. The van der Waals surface area contributed by atoms with E-state index in [-0.39, 0.29) is 41.8 Å². The van der Waals surface area contributed by atoms with Crippen molar-refractivity contribution in [1.82, 2.24) is 19.4 Å². The first-order valence-corrected chi connectivity index (χ1v) is 12.2. The molecule has 0 saturated carbocycles. The number of aliphatic hydroxyl groups excluding tert-OH is 1. The van der Waals surface area contributed by atoms with Crippen LogP contribution in [-0.2, 0) is 4.74 Å². The summed E-state index contributed by atoms with van der Waals surface area (Å²) in [5.74, 6) is -0.399. The Morgan fingerprint density at radius 3 is 2.74 bits per heavy atom. The molecule has 1 unspecified atom stereocenters. The van der Waals surface area contributed by atoms with Crippen LogP contribution in [0.1, 0.15) is 50.0 Å². The van der Waals surface area contributed by atoms with Gasteiger partial charge in [0.25, 0.3) is 0 Å². The van der Waals surface area contributed by atoms with Crippen LogP contribution in [0.4, 0.5) is 10.3 Å². The van der Waals surface area contributed by atoms with Crippen molar-refractivity contribution in [2.45, 2.75) is 57.8 Å². The fraction of sp³-hybridized carbons (Fsp3) is 0.500. The molecule has 2 aliphatic heterocycles. The van der Waals surface area contributed by atoms with E-state index < -0.39 is 11.9 Å². The third-order valence-corrected chi connectivity index (χ3v) is 7.27. The molecule has 9 heteroatoms. The number of aromatic nitrogens is 3. The van der Waals surface area contributed by atoms with E-state index in [0.717, 1.165) is 30.4 Å². The number of anilines is 1. The molecule has 35 heavy (non-hydrogen) atoms. The van der Waals surface area contributed by atoms with E-state index in [1.54, 1.807) is 6.07 Å². The van der Waals surface area contributed by atoms with Crippen LogP contribution in [0.15, 0.2) is 29.2 Å². The molecule has 5 rings (SSSR count). The lowest BCUT2D eigenvalue weighted by atomic mass is 9.92. The molecule has 0 radical (unpaired) electrons. The molecule has 2 N–H and O–H groups in total. The third kappa shape index (κ3) is 4.11. The zero-order valence-electron chi connectivity index (χ0n) is 20.6. The van der Waals surface area contributed by atoms with Crippen LogP contribution in [0.3, 0.4) is 0 Å². The molecule has 3 atom stereocenters. The van der Waals surface area contributed by atoms with Crippen LogP contribution in [-0.4, -0.2) is 63.5 Å². The average molecular weight is 482 g/mol. The van der Waals surface area contributed by atoms with Crippen molar-refractivity contribution in [1.29, 1.82) is 0 Å². The van der Waals surface area contributed by atoms with Gasteiger partial charge in [0, 0.05) is 36.0 Å². The highest BCUT2D eigenvalue weighted by atomic mass is 19.1. The number of benzene rings is 1. The lowest BCUT2D eigenvalue weighted by Gasteiger charge is -2.41. The van der Waals surface area contributed by atoms with Gasteiger partial charge in [-0.25, -0.2) is 14.4 Å². The van der Waals surface area contributed by atoms with E-state index in [9.17, 15) is 9.90 Å². The van der Waals surface area contributed by atoms with Crippen LogP contribution in [0, 0.1) is 12.7 Å². The summed E-state index contributed by atoms with van der Waals surface area (Å²) in [4.78, 5) is 24.6. The second kappa shape index (κ2) is 9.29. The van der Waals surface area contributed by atoms with Gasteiger partial charge < -0.3 is 19.7 Å². The van der Waals surface area contributed by atoms with Crippen molar-refractivity contribution in [3.8, 4) is 11.3 Å². The van der Waals surface area contributed by atoms with E-state index >= 15 is 4.39 Å². The Morgan fingerprint density at radius 2 is 2.09 bits per heavy atom. The molecule has 2 fully saturated rings. The molecule has 3 aromatic rings. The second-order valence-electron chi connectivity index (χ2n) is 9.86. The minimum absolute atomic E-state index is 0.0648. The molecule has 0 spiro atoms. The van der Waals surface area contributed by atoms with Crippen molar-refractivity contribution in [3.63, 3.8) is 0 Å². The topological polar surface area (TPSA) is 92.5 Å². The van der Waals surface area contributed by atoms with Gasteiger partial charge in [0.15, 0.2) is 11.2 Å². The van der Waals surface area contributed by atoms with Crippen molar-refractivity contribution in [3.05, 3.63) is 51.7 Å². The number of pyridine rings is 1. The molecule has 4 heterocycles. The van der Waals surface area contributed by atoms with Crippen molar-refractivity contribution >= 4 is 16.9 Å². The number of hydrogen-bond acceptors (Lipinski definition) is 7. The average Bonchev–Trinajstić information content (AvgIpc) is 2.83. The number of rotatable bonds is 5. The zero-order valence-corrected chi connectivity index (χ0v) is 20.6. The Hall–Kier alpha value is -2.88. The zero-order chi connectivity index (χ0) is 24.9. The number of hydrogen-bond donors (Lipinski definition) is 2. The summed E-state index contributed by atoms with van der Waals surface area (Å²) in [6.45, 7) is 7.81. The van der Waals surface area contributed by atoms with E-state index in [1.807, 2.05) is 19.1 Å². The highest BCUT2D eigenvalue weighted by Gasteiger charge is 2.32.